The van der Waals surface area contributed by atoms with Gasteiger partial charge in [0.15, 0.2) is 0 Å². The summed E-state index contributed by atoms with van der Waals surface area (Å²) in [5.74, 6) is 0.724. The summed E-state index contributed by atoms with van der Waals surface area (Å²) in [4.78, 5) is 19.0. The fourth-order valence-electron chi connectivity index (χ4n) is 1.99. The summed E-state index contributed by atoms with van der Waals surface area (Å²) < 4.78 is 5.13. The van der Waals surface area contributed by atoms with Gasteiger partial charge in [0.25, 0.3) is 5.56 Å². The number of hydrogen-bond acceptors (Lipinski definition) is 5. The highest BCUT2D eigenvalue weighted by atomic mass is 16.5. The molecule has 0 unspecified atom stereocenters. The fraction of sp³-hybridized carbons (Fsp3) is 0.0625. The van der Waals surface area contributed by atoms with Crippen LogP contribution in [0.3, 0.4) is 0 Å². The van der Waals surface area contributed by atoms with Crippen molar-refractivity contribution in [3.05, 3.63) is 64.6 Å². The lowest BCUT2D eigenvalue weighted by Crippen LogP contribution is -2.15. The number of anilines is 1. The van der Waals surface area contributed by atoms with Gasteiger partial charge < -0.3 is 9.72 Å². The van der Waals surface area contributed by atoms with E-state index in [0.717, 1.165) is 11.4 Å². The largest absolute Gasteiger partial charge is 0.497 e. The van der Waals surface area contributed by atoms with E-state index < -0.39 is 0 Å². The van der Waals surface area contributed by atoms with Crippen LogP contribution in [0.5, 0.6) is 5.75 Å². The Morgan fingerprint density at radius 1 is 1.23 bits per heavy atom. The number of methoxy groups -OCH3 is 1. The van der Waals surface area contributed by atoms with E-state index in [1.165, 1.54) is 6.21 Å². The van der Waals surface area contributed by atoms with Crippen molar-refractivity contribution in [2.45, 2.75) is 0 Å². The number of hydrogen-bond donors (Lipinski definition) is 2. The first-order valence-electron chi connectivity index (χ1n) is 6.68. The molecule has 6 nitrogen and oxygen atoms in total. The molecular weight excluding hydrogens is 280 g/mol. The van der Waals surface area contributed by atoms with E-state index in [0.29, 0.717) is 11.0 Å². The summed E-state index contributed by atoms with van der Waals surface area (Å²) in [6.07, 6.45) is 1.39. The number of aromatic nitrogens is 2. The van der Waals surface area contributed by atoms with Crippen molar-refractivity contribution in [2.75, 3.05) is 12.5 Å². The molecule has 0 saturated heterocycles. The average Bonchev–Trinajstić information content (AvgIpc) is 2.55. The highest BCUT2D eigenvalue weighted by Crippen LogP contribution is 2.16. The first-order chi connectivity index (χ1) is 10.8. The van der Waals surface area contributed by atoms with Crippen LogP contribution in [0, 0.1) is 0 Å². The molecule has 0 aliphatic rings. The SMILES string of the molecule is COc1cccc(N/N=C/c2nc3ccccc3[nH]c2=O)c1. The molecular formula is C16H14N4O2. The number of nitrogens with one attached hydrogen (secondary N) is 2. The van der Waals surface area contributed by atoms with Crippen LogP contribution in [0.15, 0.2) is 58.4 Å². The smallest absolute Gasteiger partial charge is 0.276 e. The highest BCUT2D eigenvalue weighted by Gasteiger charge is 2.01. The second-order valence-electron chi connectivity index (χ2n) is 4.57. The molecule has 2 aromatic carbocycles. The number of aromatic amines is 1. The third kappa shape index (κ3) is 2.95. The minimum atomic E-state index is -0.283. The molecule has 6 heteroatoms. The molecule has 0 radical (unpaired) electrons. The summed E-state index contributed by atoms with van der Waals surface area (Å²) >= 11 is 0. The van der Waals surface area contributed by atoms with Crippen LogP contribution < -0.4 is 15.7 Å². The van der Waals surface area contributed by atoms with Crippen LogP contribution in [-0.4, -0.2) is 23.3 Å². The summed E-state index contributed by atoms with van der Waals surface area (Å²) in [6.45, 7) is 0. The number of nitrogens with zero attached hydrogens (tertiary/aromatic N) is 2. The summed E-state index contributed by atoms with van der Waals surface area (Å²) in [6, 6.07) is 14.7. The van der Waals surface area contributed by atoms with Gasteiger partial charge in [0.2, 0.25) is 0 Å². The zero-order valence-corrected chi connectivity index (χ0v) is 11.9. The van der Waals surface area contributed by atoms with E-state index >= 15 is 0 Å². The Kier molecular flexibility index (Phi) is 3.82. The summed E-state index contributed by atoms with van der Waals surface area (Å²) in [5, 5.41) is 4.04. The Balaban J connectivity index is 1.83. The Labute approximate surface area is 126 Å². The van der Waals surface area contributed by atoms with E-state index in [-0.39, 0.29) is 11.3 Å². The number of hydrazone groups is 1. The van der Waals surface area contributed by atoms with E-state index in [1.54, 1.807) is 19.2 Å². The van der Waals surface area contributed by atoms with Gasteiger partial charge in [0.1, 0.15) is 11.4 Å². The molecule has 0 fully saturated rings. The monoisotopic (exact) mass is 294 g/mol. The Morgan fingerprint density at radius 3 is 2.95 bits per heavy atom. The predicted molar refractivity (Wildman–Crippen MR) is 86.6 cm³/mol. The van der Waals surface area contributed by atoms with E-state index in [2.05, 4.69) is 20.5 Å². The van der Waals surface area contributed by atoms with E-state index in [1.807, 2.05) is 36.4 Å². The topological polar surface area (TPSA) is 79.4 Å². The van der Waals surface area contributed by atoms with Crippen LogP contribution in [0.25, 0.3) is 11.0 Å². The lowest BCUT2D eigenvalue weighted by molar-refractivity contribution is 0.415. The first-order valence-corrected chi connectivity index (χ1v) is 6.68. The molecule has 0 spiro atoms. The Hall–Kier alpha value is -3.15. The molecule has 2 N–H and O–H groups in total. The Bertz CT molecular complexity index is 886. The lowest BCUT2D eigenvalue weighted by atomic mass is 10.3. The molecule has 3 aromatic rings. The molecule has 3 rings (SSSR count). The van der Waals surface area contributed by atoms with Crippen molar-refractivity contribution in [3.63, 3.8) is 0 Å². The van der Waals surface area contributed by atoms with Crippen molar-refractivity contribution in [3.8, 4) is 5.75 Å². The Morgan fingerprint density at radius 2 is 2.09 bits per heavy atom. The minimum absolute atomic E-state index is 0.245. The molecule has 0 amide bonds. The second-order valence-corrected chi connectivity index (χ2v) is 4.57. The van der Waals surface area contributed by atoms with Crippen LogP contribution in [0.2, 0.25) is 0 Å². The van der Waals surface area contributed by atoms with Gasteiger partial charge in [-0.2, -0.15) is 5.10 Å². The van der Waals surface area contributed by atoms with Crippen molar-refractivity contribution in [1.82, 2.24) is 9.97 Å². The van der Waals surface area contributed by atoms with Gasteiger partial charge in [-0.15, -0.1) is 0 Å². The van der Waals surface area contributed by atoms with Gasteiger partial charge in [-0.25, -0.2) is 4.98 Å². The summed E-state index contributed by atoms with van der Waals surface area (Å²) in [7, 11) is 1.60. The number of fused-ring (bicyclic) bond motifs is 1. The standard InChI is InChI=1S/C16H14N4O2/c1-22-12-6-4-5-11(9-12)20-17-10-15-16(21)19-14-8-3-2-7-13(14)18-15/h2-10,20H,1H3,(H,19,21)/b17-10+. The van der Waals surface area contributed by atoms with Gasteiger partial charge in [-0.1, -0.05) is 18.2 Å². The molecule has 1 heterocycles. The maximum absolute atomic E-state index is 11.9. The zero-order chi connectivity index (χ0) is 15.4. The molecule has 22 heavy (non-hydrogen) atoms. The van der Waals surface area contributed by atoms with Crippen LogP contribution >= 0.6 is 0 Å². The molecule has 110 valence electrons. The fourth-order valence-corrected chi connectivity index (χ4v) is 1.99. The third-order valence-corrected chi connectivity index (χ3v) is 3.08. The predicted octanol–water partition coefficient (Wildman–Crippen LogP) is 2.38. The lowest BCUT2D eigenvalue weighted by Gasteiger charge is -2.03. The van der Waals surface area contributed by atoms with Crippen LogP contribution in [0.4, 0.5) is 5.69 Å². The van der Waals surface area contributed by atoms with Gasteiger partial charge in [-0.05, 0) is 24.3 Å². The summed E-state index contributed by atoms with van der Waals surface area (Å²) in [5.41, 5.74) is 4.97. The highest BCUT2D eigenvalue weighted by molar-refractivity contribution is 5.82. The number of H-pyrrole nitrogens is 1. The molecule has 0 saturated carbocycles. The van der Waals surface area contributed by atoms with Gasteiger partial charge in [0.05, 0.1) is 30.0 Å². The van der Waals surface area contributed by atoms with Gasteiger partial charge in [0, 0.05) is 6.07 Å². The molecule has 1 aromatic heterocycles. The van der Waals surface area contributed by atoms with Gasteiger partial charge in [-0.3, -0.25) is 10.2 Å². The third-order valence-electron chi connectivity index (χ3n) is 3.08. The molecule has 0 atom stereocenters. The maximum Gasteiger partial charge on any atom is 0.276 e. The number of ether oxygens (including phenoxy) is 1. The van der Waals surface area contributed by atoms with Crippen LogP contribution in [0.1, 0.15) is 5.69 Å². The maximum atomic E-state index is 11.9. The molecule has 0 bridgehead atoms. The number of para-hydroxylation sites is 2. The van der Waals surface area contributed by atoms with Crippen molar-refractivity contribution in [2.24, 2.45) is 5.10 Å². The van der Waals surface area contributed by atoms with Crippen molar-refractivity contribution >= 4 is 22.9 Å². The molecule has 0 aliphatic carbocycles. The number of benzene rings is 2. The van der Waals surface area contributed by atoms with E-state index in [4.69, 9.17) is 4.74 Å². The van der Waals surface area contributed by atoms with Crippen molar-refractivity contribution in [1.29, 1.82) is 0 Å². The minimum Gasteiger partial charge on any atom is -0.497 e. The van der Waals surface area contributed by atoms with Crippen LogP contribution in [-0.2, 0) is 0 Å². The number of rotatable bonds is 4. The van der Waals surface area contributed by atoms with Gasteiger partial charge >= 0.3 is 0 Å². The molecule has 0 aliphatic heterocycles. The van der Waals surface area contributed by atoms with E-state index in [9.17, 15) is 4.79 Å². The quantitative estimate of drug-likeness (QED) is 0.572. The average molecular weight is 294 g/mol. The zero-order valence-electron chi connectivity index (χ0n) is 11.9. The first kappa shape index (κ1) is 13.8. The second kappa shape index (κ2) is 6.09. The normalized spacial score (nSPS) is 11.0. The van der Waals surface area contributed by atoms with Crippen molar-refractivity contribution < 1.29 is 4.74 Å².